The molecular weight excluding hydrogens is 300 g/mol. The fourth-order valence-corrected chi connectivity index (χ4v) is 5.44. The highest BCUT2D eigenvalue weighted by Gasteiger charge is 2.56. The topological polar surface area (TPSA) is 43.4 Å². The van der Waals surface area contributed by atoms with Crippen molar-refractivity contribution in [2.45, 2.75) is 65.9 Å². The molecule has 132 valence electrons. The maximum atomic E-state index is 13.3. The SMILES string of the molecule is COC1C(=O)C2(C)CCC3(C)CCC(C(C)C)=C3C2CC=C1C=O. The maximum Gasteiger partial charge on any atom is 0.172 e. The van der Waals surface area contributed by atoms with Crippen molar-refractivity contribution in [2.24, 2.45) is 22.7 Å². The minimum atomic E-state index is -0.702. The van der Waals surface area contributed by atoms with Crippen LogP contribution in [0, 0.1) is 22.7 Å². The highest BCUT2D eigenvalue weighted by molar-refractivity contribution is 5.98. The van der Waals surface area contributed by atoms with Gasteiger partial charge in [-0.25, -0.2) is 0 Å². The third kappa shape index (κ3) is 2.35. The molecular formula is C21H30O3. The Balaban J connectivity index is 2.15. The number of hydrogen-bond donors (Lipinski definition) is 0. The molecule has 0 N–H and O–H groups in total. The van der Waals surface area contributed by atoms with Crippen LogP contribution in [-0.2, 0) is 14.3 Å². The normalized spacial score (nSPS) is 39.4. The fourth-order valence-electron chi connectivity index (χ4n) is 5.44. The lowest BCUT2D eigenvalue weighted by atomic mass is 9.54. The van der Waals surface area contributed by atoms with Crippen molar-refractivity contribution in [3.8, 4) is 0 Å². The zero-order valence-corrected chi connectivity index (χ0v) is 15.6. The van der Waals surface area contributed by atoms with Crippen LogP contribution in [0.3, 0.4) is 0 Å². The molecule has 24 heavy (non-hydrogen) atoms. The number of methoxy groups -OCH3 is 1. The van der Waals surface area contributed by atoms with Crippen LogP contribution >= 0.6 is 0 Å². The lowest BCUT2D eigenvalue weighted by Gasteiger charge is -2.49. The van der Waals surface area contributed by atoms with Crippen LogP contribution in [0.2, 0.25) is 0 Å². The van der Waals surface area contributed by atoms with Gasteiger partial charge in [0.15, 0.2) is 5.78 Å². The number of aldehydes is 1. The van der Waals surface area contributed by atoms with E-state index in [0.717, 1.165) is 32.0 Å². The molecule has 0 aliphatic heterocycles. The third-order valence-corrected chi connectivity index (χ3v) is 7.02. The number of ether oxygens (including phenoxy) is 1. The third-order valence-electron chi connectivity index (χ3n) is 7.02. The van der Waals surface area contributed by atoms with E-state index in [9.17, 15) is 9.59 Å². The van der Waals surface area contributed by atoms with Crippen LogP contribution in [0.1, 0.15) is 59.8 Å². The Hall–Kier alpha value is -1.22. The van der Waals surface area contributed by atoms with Crippen LogP contribution in [-0.4, -0.2) is 25.3 Å². The molecule has 3 aliphatic rings. The highest BCUT2D eigenvalue weighted by Crippen LogP contribution is 2.62. The first-order valence-corrected chi connectivity index (χ1v) is 9.24. The molecule has 3 rings (SSSR count). The molecule has 0 aromatic carbocycles. The van der Waals surface area contributed by atoms with E-state index in [2.05, 4.69) is 27.7 Å². The van der Waals surface area contributed by atoms with E-state index in [0.29, 0.717) is 11.5 Å². The molecule has 0 saturated heterocycles. The van der Waals surface area contributed by atoms with Gasteiger partial charge in [-0.05, 0) is 49.4 Å². The molecule has 3 aliphatic carbocycles. The zero-order chi connectivity index (χ0) is 17.7. The summed E-state index contributed by atoms with van der Waals surface area (Å²) >= 11 is 0. The first-order chi connectivity index (χ1) is 11.3. The van der Waals surface area contributed by atoms with E-state index in [4.69, 9.17) is 4.74 Å². The Bertz CT molecular complexity index is 627. The van der Waals surface area contributed by atoms with Crippen LogP contribution in [0.25, 0.3) is 0 Å². The Labute approximate surface area is 145 Å². The number of ketones is 1. The number of fused-ring (bicyclic) bond motifs is 3. The zero-order valence-electron chi connectivity index (χ0n) is 15.6. The number of rotatable bonds is 3. The van der Waals surface area contributed by atoms with E-state index in [-0.39, 0.29) is 17.1 Å². The van der Waals surface area contributed by atoms with E-state index < -0.39 is 11.5 Å². The second kappa shape index (κ2) is 5.94. The van der Waals surface area contributed by atoms with Gasteiger partial charge in [0.25, 0.3) is 0 Å². The van der Waals surface area contributed by atoms with Gasteiger partial charge in [0.1, 0.15) is 12.4 Å². The largest absolute Gasteiger partial charge is 0.369 e. The van der Waals surface area contributed by atoms with Gasteiger partial charge >= 0.3 is 0 Å². The number of hydrogen-bond acceptors (Lipinski definition) is 3. The first-order valence-electron chi connectivity index (χ1n) is 9.24. The van der Waals surface area contributed by atoms with Crippen molar-refractivity contribution in [2.75, 3.05) is 7.11 Å². The summed E-state index contributed by atoms with van der Waals surface area (Å²) in [5.41, 5.74) is 3.38. The molecule has 0 heterocycles. The highest BCUT2D eigenvalue weighted by atomic mass is 16.5. The summed E-state index contributed by atoms with van der Waals surface area (Å²) in [4.78, 5) is 24.8. The Kier molecular flexibility index (Phi) is 4.36. The first kappa shape index (κ1) is 17.6. The standard InChI is InChI=1S/C21H30O3/c1-13(2)15-8-9-20(3)10-11-21(4)16(17(15)20)7-6-14(12-22)18(24-5)19(21)23/h6,12-13,16,18H,7-11H2,1-5H3. The van der Waals surface area contributed by atoms with Crippen LogP contribution < -0.4 is 0 Å². The minimum absolute atomic E-state index is 0.0930. The molecule has 0 amide bonds. The monoisotopic (exact) mass is 330 g/mol. The lowest BCUT2D eigenvalue weighted by molar-refractivity contribution is -0.141. The molecule has 0 radical (unpaired) electrons. The van der Waals surface area contributed by atoms with Crippen molar-refractivity contribution in [1.82, 2.24) is 0 Å². The summed E-state index contributed by atoms with van der Waals surface area (Å²) in [5.74, 6) is 0.824. The molecule has 1 saturated carbocycles. The Morgan fingerprint density at radius 2 is 1.96 bits per heavy atom. The van der Waals surface area contributed by atoms with Gasteiger partial charge in [0.05, 0.1) is 0 Å². The molecule has 1 fully saturated rings. The number of allylic oxidation sites excluding steroid dienone is 3. The van der Waals surface area contributed by atoms with Gasteiger partial charge in [-0.3, -0.25) is 9.59 Å². The van der Waals surface area contributed by atoms with E-state index in [1.54, 1.807) is 5.57 Å². The Morgan fingerprint density at radius 3 is 2.54 bits per heavy atom. The fraction of sp³-hybridized carbons (Fsp3) is 0.714. The second-order valence-corrected chi connectivity index (χ2v) is 8.66. The van der Waals surface area contributed by atoms with E-state index in [1.165, 1.54) is 19.1 Å². The van der Waals surface area contributed by atoms with Crippen LogP contribution in [0.15, 0.2) is 22.8 Å². The van der Waals surface area contributed by atoms with E-state index in [1.807, 2.05) is 6.08 Å². The number of carbonyl (C=O) groups is 2. The van der Waals surface area contributed by atoms with Gasteiger partial charge in [0, 0.05) is 18.1 Å². The number of Topliss-reactive ketones (excluding diaryl/α,β-unsaturated/α-hetero) is 1. The molecule has 3 nitrogen and oxygen atoms in total. The minimum Gasteiger partial charge on any atom is -0.369 e. The summed E-state index contributed by atoms with van der Waals surface area (Å²) in [6, 6.07) is 0. The van der Waals surface area contributed by atoms with Crippen LogP contribution in [0.4, 0.5) is 0 Å². The quantitative estimate of drug-likeness (QED) is 0.573. The molecule has 0 aromatic heterocycles. The van der Waals surface area contributed by atoms with Gasteiger partial charge in [-0.15, -0.1) is 0 Å². The number of carbonyl (C=O) groups excluding carboxylic acids is 2. The molecule has 4 atom stereocenters. The smallest absolute Gasteiger partial charge is 0.172 e. The van der Waals surface area contributed by atoms with Gasteiger partial charge < -0.3 is 4.74 Å². The Morgan fingerprint density at radius 1 is 1.25 bits per heavy atom. The van der Waals surface area contributed by atoms with Gasteiger partial charge in [0.2, 0.25) is 0 Å². The van der Waals surface area contributed by atoms with Crippen molar-refractivity contribution in [3.63, 3.8) is 0 Å². The molecule has 4 unspecified atom stereocenters. The average molecular weight is 330 g/mol. The predicted octanol–water partition coefficient (Wildman–Crippen LogP) is 4.27. The van der Waals surface area contributed by atoms with Crippen molar-refractivity contribution in [3.05, 3.63) is 22.8 Å². The maximum absolute atomic E-state index is 13.3. The van der Waals surface area contributed by atoms with Crippen molar-refractivity contribution in [1.29, 1.82) is 0 Å². The second-order valence-electron chi connectivity index (χ2n) is 8.66. The van der Waals surface area contributed by atoms with E-state index >= 15 is 0 Å². The summed E-state index contributed by atoms with van der Waals surface area (Å²) < 4.78 is 5.45. The van der Waals surface area contributed by atoms with Crippen LogP contribution in [0.5, 0.6) is 0 Å². The summed E-state index contributed by atoms with van der Waals surface area (Å²) in [6.07, 6.45) is 7.15. The molecule has 0 bridgehead atoms. The summed E-state index contributed by atoms with van der Waals surface area (Å²) in [6.45, 7) is 9.02. The lowest BCUT2D eigenvalue weighted by Crippen LogP contribution is -2.48. The molecule has 0 aromatic rings. The summed E-state index contributed by atoms with van der Waals surface area (Å²) in [5, 5.41) is 0. The average Bonchev–Trinajstić information content (AvgIpc) is 2.85. The van der Waals surface area contributed by atoms with Gasteiger partial charge in [-0.2, -0.15) is 0 Å². The molecule has 0 spiro atoms. The molecule has 3 heteroatoms. The van der Waals surface area contributed by atoms with Gasteiger partial charge in [-0.1, -0.05) is 44.9 Å². The predicted molar refractivity (Wildman–Crippen MR) is 94.6 cm³/mol. The summed E-state index contributed by atoms with van der Waals surface area (Å²) in [7, 11) is 1.53. The van der Waals surface area contributed by atoms with Crippen molar-refractivity contribution >= 4 is 12.1 Å². The van der Waals surface area contributed by atoms with Crippen molar-refractivity contribution < 1.29 is 14.3 Å².